The quantitative estimate of drug-likeness (QED) is 0.397. The minimum absolute atomic E-state index is 0.0939. The Kier molecular flexibility index (Phi) is 11.4. The van der Waals surface area contributed by atoms with Gasteiger partial charge in [0.15, 0.2) is 0 Å². The second-order valence-corrected chi connectivity index (χ2v) is 6.38. The molecule has 2 N–H and O–H groups in total. The molecular weight excluding hydrogens is 318 g/mol. The molecule has 0 fully saturated rings. The third kappa shape index (κ3) is 9.89. The summed E-state index contributed by atoms with van der Waals surface area (Å²) in [5.74, 6) is -0.495. The lowest BCUT2D eigenvalue weighted by Gasteiger charge is -2.16. The number of ether oxygens (including phenoxy) is 1. The SMILES string of the molecule is CCCCCCCCCCC(=O)N[C@@H](Cc1cnc[nH]1)C(=O)OCC. The maximum absolute atomic E-state index is 12.1. The minimum atomic E-state index is -0.665. The molecule has 1 heterocycles. The normalized spacial score (nSPS) is 11.9. The van der Waals surface area contributed by atoms with E-state index in [4.69, 9.17) is 4.74 Å². The van der Waals surface area contributed by atoms with E-state index < -0.39 is 12.0 Å². The summed E-state index contributed by atoms with van der Waals surface area (Å²) in [6.45, 7) is 4.27. The van der Waals surface area contributed by atoms with Gasteiger partial charge in [-0.25, -0.2) is 9.78 Å². The van der Waals surface area contributed by atoms with Gasteiger partial charge in [0.25, 0.3) is 0 Å². The average Bonchev–Trinajstić information content (AvgIpc) is 3.10. The number of hydrogen-bond acceptors (Lipinski definition) is 4. The number of imidazole rings is 1. The van der Waals surface area contributed by atoms with E-state index in [0.29, 0.717) is 19.4 Å². The van der Waals surface area contributed by atoms with Crippen molar-refractivity contribution in [2.75, 3.05) is 6.61 Å². The zero-order valence-corrected chi connectivity index (χ0v) is 15.7. The van der Waals surface area contributed by atoms with Crippen LogP contribution in [0, 0.1) is 0 Å². The van der Waals surface area contributed by atoms with E-state index in [2.05, 4.69) is 22.2 Å². The lowest BCUT2D eigenvalue weighted by molar-refractivity contribution is -0.147. The van der Waals surface area contributed by atoms with Crippen LogP contribution in [0.1, 0.15) is 77.3 Å². The molecule has 1 amide bonds. The van der Waals surface area contributed by atoms with Gasteiger partial charge in [-0.05, 0) is 13.3 Å². The third-order valence-electron chi connectivity index (χ3n) is 4.14. The molecular formula is C19H33N3O3. The fourth-order valence-corrected chi connectivity index (χ4v) is 2.74. The molecule has 0 bridgehead atoms. The predicted molar refractivity (Wildman–Crippen MR) is 98.1 cm³/mol. The summed E-state index contributed by atoms with van der Waals surface area (Å²) in [6, 6.07) is -0.665. The highest BCUT2D eigenvalue weighted by atomic mass is 16.5. The molecule has 25 heavy (non-hydrogen) atoms. The van der Waals surface area contributed by atoms with E-state index in [1.54, 1.807) is 19.4 Å². The van der Waals surface area contributed by atoms with Crippen molar-refractivity contribution in [3.8, 4) is 0 Å². The van der Waals surface area contributed by atoms with E-state index in [0.717, 1.165) is 18.5 Å². The number of aromatic amines is 1. The van der Waals surface area contributed by atoms with Crippen LogP contribution < -0.4 is 5.32 Å². The van der Waals surface area contributed by atoms with Gasteiger partial charge in [0.05, 0.1) is 12.9 Å². The lowest BCUT2D eigenvalue weighted by atomic mass is 10.1. The number of unbranched alkanes of at least 4 members (excludes halogenated alkanes) is 7. The molecule has 1 aromatic rings. The highest BCUT2D eigenvalue weighted by Gasteiger charge is 2.22. The molecule has 0 aliphatic heterocycles. The van der Waals surface area contributed by atoms with Crippen LogP contribution in [0.4, 0.5) is 0 Å². The van der Waals surface area contributed by atoms with Gasteiger partial charge in [0, 0.05) is 24.7 Å². The molecule has 1 atom stereocenters. The van der Waals surface area contributed by atoms with Crippen molar-refractivity contribution >= 4 is 11.9 Å². The first-order chi connectivity index (χ1) is 12.2. The maximum Gasteiger partial charge on any atom is 0.329 e. The number of aromatic nitrogens is 2. The van der Waals surface area contributed by atoms with Crippen LogP contribution in [0.5, 0.6) is 0 Å². The lowest BCUT2D eigenvalue weighted by Crippen LogP contribution is -2.43. The van der Waals surface area contributed by atoms with Crippen LogP contribution >= 0.6 is 0 Å². The molecule has 0 unspecified atom stereocenters. The minimum Gasteiger partial charge on any atom is -0.464 e. The molecule has 0 aromatic carbocycles. The van der Waals surface area contributed by atoms with Gasteiger partial charge in [0.1, 0.15) is 6.04 Å². The number of amides is 1. The Balaban J connectivity index is 2.26. The van der Waals surface area contributed by atoms with E-state index in [1.807, 2.05) is 0 Å². The van der Waals surface area contributed by atoms with Crippen molar-refractivity contribution in [1.29, 1.82) is 0 Å². The number of H-pyrrole nitrogens is 1. The molecule has 0 radical (unpaired) electrons. The molecule has 142 valence electrons. The molecule has 0 saturated heterocycles. The molecule has 6 heteroatoms. The fourth-order valence-electron chi connectivity index (χ4n) is 2.74. The second-order valence-electron chi connectivity index (χ2n) is 6.38. The Morgan fingerprint density at radius 1 is 1.12 bits per heavy atom. The maximum atomic E-state index is 12.1. The molecule has 0 spiro atoms. The van der Waals surface area contributed by atoms with E-state index in [-0.39, 0.29) is 5.91 Å². The van der Waals surface area contributed by atoms with Crippen LogP contribution in [0.25, 0.3) is 0 Å². The highest BCUT2D eigenvalue weighted by Crippen LogP contribution is 2.10. The van der Waals surface area contributed by atoms with Crippen LogP contribution in [0.2, 0.25) is 0 Å². The van der Waals surface area contributed by atoms with Gasteiger partial charge in [-0.15, -0.1) is 0 Å². The van der Waals surface area contributed by atoms with Gasteiger partial charge < -0.3 is 15.0 Å². The van der Waals surface area contributed by atoms with Crippen LogP contribution in [0.15, 0.2) is 12.5 Å². The van der Waals surface area contributed by atoms with Crippen molar-refractivity contribution in [3.05, 3.63) is 18.2 Å². The van der Waals surface area contributed by atoms with Crippen molar-refractivity contribution in [2.45, 2.75) is 84.1 Å². The molecule has 1 rings (SSSR count). The average molecular weight is 351 g/mol. The van der Waals surface area contributed by atoms with Crippen LogP contribution in [0.3, 0.4) is 0 Å². The van der Waals surface area contributed by atoms with Crippen LogP contribution in [-0.2, 0) is 20.7 Å². The van der Waals surface area contributed by atoms with E-state index in [9.17, 15) is 9.59 Å². The third-order valence-corrected chi connectivity index (χ3v) is 4.14. The summed E-state index contributed by atoms with van der Waals surface area (Å²) in [5, 5.41) is 2.80. The van der Waals surface area contributed by atoms with Gasteiger partial charge in [-0.3, -0.25) is 4.79 Å². The van der Waals surface area contributed by atoms with Gasteiger partial charge in [-0.1, -0.05) is 51.9 Å². The van der Waals surface area contributed by atoms with Crippen molar-refractivity contribution in [1.82, 2.24) is 15.3 Å². The topological polar surface area (TPSA) is 84.1 Å². The Morgan fingerprint density at radius 2 is 1.80 bits per heavy atom. The van der Waals surface area contributed by atoms with E-state index >= 15 is 0 Å². The van der Waals surface area contributed by atoms with Crippen molar-refractivity contribution in [2.24, 2.45) is 0 Å². The first kappa shape index (κ1) is 21.2. The molecule has 0 aliphatic rings. The molecule has 1 aromatic heterocycles. The first-order valence-corrected chi connectivity index (χ1v) is 9.60. The van der Waals surface area contributed by atoms with E-state index in [1.165, 1.54) is 38.5 Å². The Bertz CT molecular complexity index is 474. The number of carbonyl (C=O) groups is 2. The summed E-state index contributed by atoms with van der Waals surface area (Å²) < 4.78 is 5.06. The summed E-state index contributed by atoms with van der Waals surface area (Å²) in [6.07, 6.45) is 13.5. The zero-order chi connectivity index (χ0) is 18.3. The number of nitrogens with one attached hydrogen (secondary N) is 2. The standard InChI is InChI=1S/C19H33N3O3/c1-3-5-6-7-8-9-10-11-12-18(23)22-17(19(24)25-4-2)13-16-14-20-15-21-16/h14-15,17H,3-13H2,1-2H3,(H,20,21)(H,22,23)/t17-/m0/s1. The summed E-state index contributed by atoms with van der Waals surface area (Å²) in [4.78, 5) is 31.0. The van der Waals surface area contributed by atoms with Gasteiger partial charge in [0.2, 0.25) is 5.91 Å². The largest absolute Gasteiger partial charge is 0.464 e. The Hall–Kier alpha value is -1.85. The van der Waals surface area contributed by atoms with Crippen molar-refractivity contribution < 1.29 is 14.3 Å². The number of rotatable bonds is 14. The number of esters is 1. The second kappa shape index (κ2) is 13.4. The highest BCUT2D eigenvalue weighted by molar-refractivity contribution is 5.84. The summed E-state index contributed by atoms with van der Waals surface area (Å²) >= 11 is 0. The number of nitrogens with zero attached hydrogens (tertiary/aromatic N) is 1. The van der Waals surface area contributed by atoms with Crippen LogP contribution in [-0.4, -0.2) is 34.5 Å². The Morgan fingerprint density at radius 3 is 2.40 bits per heavy atom. The van der Waals surface area contributed by atoms with Gasteiger partial charge >= 0.3 is 5.97 Å². The number of carbonyl (C=O) groups excluding carboxylic acids is 2. The Labute approximate surface area is 151 Å². The smallest absolute Gasteiger partial charge is 0.329 e. The molecule has 0 aliphatic carbocycles. The molecule has 0 saturated carbocycles. The molecule has 6 nitrogen and oxygen atoms in total. The number of hydrogen-bond donors (Lipinski definition) is 2. The van der Waals surface area contributed by atoms with Gasteiger partial charge in [-0.2, -0.15) is 0 Å². The summed E-state index contributed by atoms with van der Waals surface area (Å²) in [7, 11) is 0. The fraction of sp³-hybridized carbons (Fsp3) is 0.737. The first-order valence-electron chi connectivity index (χ1n) is 9.60. The summed E-state index contributed by atoms with van der Waals surface area (Å²) in [5.41, 5.74) is 0.797. The zero-order valence-electron chi connectivity index (χ0n) is 15.7. The van der Waals surface area contributed by atoms with Crippen molar-refractivity contribution in [3.63, 3.8) is 0 Å². The predicted octanol–water partition coefficient (Wildman–Crippen LogP) is 3.53. The monoisotopic (exact) mass is 351 g/mol.